The summed E-state index contributed by atoms with van der Waals surface area (Å²) >= 11 is 0. The Morgan fingerprint density at radius 3 is 2.57 bits per heavy atom. The van der Waals surface area contributed by atoms with Gasteiger partial charge in [-0.05, 0) is 50.5 Å². The van der Waals surface area contributed by atoms with Crippen LogP contribution >= 0.6 is 0 Å². The molecule has 0 unspecified atom stereocenters. The average Bonchev–Trinajstić information content (AvgIpc) is 3.25. The zero-order valence-corrected chi connectivity index (χ0v) is 16.1. The third kappa shape index (κ3) is 3.76. The monoisotopic (exact) mass is 388 g/mol. The van der Waals surface area contributed by atoms with E-state index in [1.807, 2.05) is 30.3 Å². The number of fused-ring (bicyclic) bond motifs is 1. The van der Waals surface area contributed by atoms with Gasteiger partial charge in [0.05, 0.1) is 6.04 Å². The molecule has 7 heteroatoms. The van der Waals surface area contributed by atoms with E-state index in [4.69, 9.17) is 0 Å². The lowest BCUT2D eigenvalue weighted by Gasteiger charge is -2.36. The maximum absolute atomic E-state index is 13.0. The Hall–Kier alpha value is -2.41. The van der Waals surface area contributed by atoms with Gasteiger partial charge in [0.25, 0.3) is 0 Å². The van der Waals surface area contributed by atoms with Crippen LogP contribution < -0.4 is 5.32 Å². The molecular weight excluding hydrogens is 360 g/mol. The molecule has 7 nitrogen and oxygen atoms in total. The summed E-state index contributed by atoms with van der Waals surface area (Å²) in [6.45, 7) is 2.04. The Morgan fingerprint density at radius 1 is 1.21 bits per heavy atom. The second-order valence-electron chi connectivity index (χ2n) is 7.90. The molecule has 1 aromatic carbocycles. The van der Waals surface area contributed by atoms with E-state index in [0.717, 1.165) is 18.4 Å². The number of nitrogens with one attached hydrogen (secondary N) is 1. The molecule has 1 aliphatic carbocycles. The van der Waals surface area contributed by atoms with Crippen molar-refractivity contribution in [2.75, 3.05) is 6.54 Å². The van der Waals surface area contributed by atoms with E-state index in [1.54, 1.807) is 6.92 Å². The molecule has 0 aromatic heterocycles. The molecule has 1 aliphatic heterocycles. The molecule has 28 heavy (non-hydrogen) atoms. The first-order valence-electron chi connectivity index (χ1n) is 9.94. The standard InChI is InChI=1S/C21H28N2O5/c1-14(22-17(19(25)26)10-9-15-6-3-2-4-7-15)18(24)23-13-11-16-8-5-12-21(16,23)20(27)28/h2-4,6-7,14,16-17,22H,5,8-13H2,1H3,(H,25,26)(H,27,28)/t14-,16-,17-,21-/m0/s1. The Labute approximate surface area is 164 Å². The number of aliphatic carboxylic acids is 2. The van der Waals surface area contributed by atoms with Crippen molar-refractivity contribution < 1.29 is 24.6 Å². The summed E-state index contributed by atoms with van der Waals surface area (Å²) in [7, 11) is 0. The fourth-order valence-corrected chi connectivity index (χ4v) is 4.83. The highest BCUT2D eigenvalue weighted by molar-refractivity contribution is 5.91. The number of aryl methyl sites for hydroxylation is 1. The Kier molecular flexibility index (Phi) is 6.03. The van der Waals surface area contributed by atoms with Crippen molar-refractivity contribution in [1.29, 1.82) is 0 Å². The van der Waals surface area contributed by atoms with Crippen molar-refractivity contribution in [2.45, 2.75) is 63.1 Å². The molecule has 2 fully saturated rings. The first-order chi connectivity index (χ1) is 13.4. The minimum Gasteiger partial charge on any atom is -0.480 e. The van der Waals surface area contributed by atoms with E-state index in [9.17, 15) is 24.6 Å². The highest BCUT2D eigenvalue weighted by atomic mass is 16.4. The van der Waals surface area contributed by atoms with Gasteiger partial charge in [-0.1, -0.05) is 36.8 Å². The van der Waals surface area contributed by atoms with Crippen molar-refractivity contribution in [2.24, 2.45) is 5.92 Å². The van der Waals surface area contributed by atoms with Gasteiger partial charge in [0, 0.05) is 6.54 Å². The number of carbonyl (C=O) groups excluding carboxylic acids is 1. The highest BCUT2D eigenvalue weighted by Crippen LogP contribution is 2.47. The van der Waals surface area contributed by atoms with Crippen molar-refractivity contribution in [3.63, 3.8) is 0 Å². The van der Waals surface area contributed by atoms with Crippen LogP contribution in [0.25, 0.3) is 0 Å². The van der Waals surface area contributed by atoms with E-state index in [-0.39, 0.29) is 11.8 Å². The van der Waals surface area contributed by atoms with Crippen LogP contribution in [-0.4, -0.2) is 57.1 Å². The Balaban J connectivity index is 1.66. The maximum atomic E-state index is 13.0. The van der Waals surface area contributed by atoms with Crippen LogP contribution in [0, 0.1) is 5.92 Å². The van der Waals surface area contributed by atoms with Gasteiger partial charge in [-0.15, -0.1) is 0 Å². The van der Waals surface area contributed by atoms with Crippen LogP contribution in [0.15, 0.2) is 30.3 Å². The van der Waals surface area contributed by atoms with Gasteiger partial charge in [-0.3, -0.25) is 14.9 Å². The Bertz CT molecular complexity index is 738. The number of amides is 1. The third-order valence-corrected chi connectivity index (χ3v) is 6.29. The fraction of sp³-hybridized carbons (Fsp3) is 0.571. The largest absolute Gasteiger partial charge is 0.480 e. The molecule has 1 saturated heterocycles. The van der Waals surface area contributed by atoms with E-state index in [0.29, 0.717) is 32.2 Å². The summed E-state index contributed by atoms with van der Waals surface area (Å²) < 4.78 is 0. The van der Waals surface area contributed by atoms with Crippen LogP contribution in [0.2, 0.25) is 0 Å². The average molecular weight is 388 g/mol. The topological polar surface area (TPSA) is 107 Å². The minimum atomic E-state index is -1.12. The first-order valence-corrected chi connectivity index (χ1v) is 9.94. The first kappa shape index (κ1) is 20.3. The summed E-state index contributed by atoms with van der Waals surface area (Å²) in [5, 5.41) is 22.3. The normalized spacial score (nSPS) is 25.9. The number of carboxylic acid groups (broad SMARTS) is 2. The van der Waals surface area contributed by atoms with E-state index in [2.05, 4.69) is 5.32 Å². The number of hydrogen-bond acceptors (Lipinski definition) is 4. The number of carboxylic acids is 2. The number of hydrogen-bond donors (Lipinski definition) is 3. The van der Waals surface area contributed by atoms with Gasteiger partial charge in [0.15, 0.2) is 0 Å². The van der Waals surface area contributed by atoms with Crippen LogP contribution in [0.5, 0.6) is 0 Å². The maximum Gasteiger partial charge on any atom is 0.329 e. The molecule has 152 valence electrons. The van der Waals surface area contributed by atoms with Gasteiger partial charge in [-0.25, -0.2) is 4.79 Å². The zero-order chi connectivity index (χ0) is 20.3. The third-order valence-electron chi connectivity index (χ3n) is 6.29. The van der Waals surface area contributed by atoms with Crippen LogP contribution in [-0.2, 0) is 20.8 Å². The molecule has 1 amide bonds. The highest BCUT2D eigenvalue weighted by Gasteiger charge is 2.59. The van der Waals surface area contributed by atoms with Crippen molar-refractivity contribution >= 4 is 17.8 Å². The summed E-state index contributed by atoms with van der Waals surface area (Å²) in [4.78, 5) is 38.2. The van der Waals surface area contributed by atoms with Gasteiger partial charge >= 0.3 is 11.9 Å². The van der Waals surface area contributed by atoms with Crippen LogP contribution in [0.3, 0.4) is 0 Å². The molecule has 1 heterocycles. The molecule has 0 spiro atoms. The van der Waals surface area contributed by atoms with Gasteiger partial charge in [0.1, 0.15) is 11.6 Å². The van der Waals surface area contributed by atoms with Gasteiger partial charge in [-0.2, -0.15) is 0 Å². The summed E-state index contributed by atoms with van der Waals surface area (Å²) in [5.41, 5.74) is -0.0804. The molecular formula is C21H28N2O5. The van der Waals surface area contributed by atoms with Crippen molar-refractivity contribution in [3.8, 4) is 0 Å². The van der Waals surface area contributed by atoms with Gasteiger partial charge < -0.3 is 15.1 Å². The van der Waals surface area contributed by atoms with Crippen molar-refractivity contribution in [3.05, 3.63) is 35.9 Å². The SMILES string of the molecule is C[C@H](N[C@@H](CCc1ccccc1)C(=O)O)C(=O)N1CC[C@@H]2CCC[C@@]21C(=O)O. The number of benzene rings is 1. The molecule has 3 rings (SSSR count). The molecule has 1 aromatic rings. The molecule has 0 radical (unpaired) electrons. The lowest BCUT2D eigenvalue weighted by molar-refractivity contribution is -0.159. The van der Waals surface area contributed by atoms with Crippen LogP contribution in [0.1, 0.15) is 44.6 Å². The van der Waals surface area contributed by atoms with Crippen molar-refractivity contribution in [1.82, 2.24) is 10.2 Å². The minimum absolute atomic E-state index is 0.00509. The van der Waals surface area contributed by atoms with E-state index < -0.39 is 29.6 Å². The number of carbonyl (C=O) groups is 3. The summed E-state index contributed by atoms with van der Waals surface area (Å²) in [6, 6.07) is 7.96. The fourth-order valence-electron chi connectivity index (χ4n) is 4.83. The molecule has 4 atom stereocenters. The predicted octanol–water partition coefficient (Wildman–Crippen LogP) is 1.91. The number of rotatable bonds is 8. The van der Waals surface area contributed by atoms with E-state index in [1.165, 1.54) is 4.90 Å². The lowest BCUT2D eigenvalue weighted by atomic mass is 9.88. The Morgan fingerprint density at radius 2 is 1.93 bits per heavy atom. The van der Waals surface area contributed by atoms with Gasteiger partial charge in [0.2, 0.25) is 5.91 Å². The lowest BCUT2D eigenvalue weighted by Crippen LogP contribution is -2.59. The second-order valence-corrected chi connectivity index (χ2v) is 7.90. The smallest absolute Gasteiger partial charge is 0.329 e. The molecule has 1 saturated carbocycles. The quantitative estimate of drug-likeness (QED) is 0.628. The molecule has 2 aliphatic rings. The number of nitrogens with zero attached hydrogens (tertiary/aromatic N) is 1. The summed E-state index contributed by atoms with van der Waals surface area (Å²) in [5.74, 6) is -2.28. The molecule has 0 bridgehead atoms. The second kappa shape index (κ2) is 8.31. The van der Waals surface area contributed by atoms with Crippen LogP contribution in [0.4, 0.5) is 0 Å². The number of likely N-dealkylation sites (tertiary alicyclic amines) is 1. The van der Waals surface area contributed by atoms with E-state index >= 15 is 0 Å². The zero-order valence-electron chi connectivity index (χ0n) is 16.1. The predicted molar refractivity (Wildman–Crippen MR) is 103 cm³/mol. The summed E-state index contributed by atoms with van der Waals surface area (Å²) in [6.07, 6.45) is 3.73. The molecule has 3 N–H and O–H groups in total.